The van der Waals surface area contributed by atoms with E-state index in [1.54, 1.807) is 0 Å². The van der Waals surface area contributed by atoms with Gasteiger partial charge in [0.25, 0.3) is 0 Å². The van der Waals surface area contributed by atoms with Crippen LogP contribution in [0.4, 0.5) is 0 Å². The normalized spacial score (nSPS) is 10.6. The molecule has 0 spiro atoms. The van der Waals surface area contributed by atoms with Crippen LogP contribution in [0.15, 0.2) is 12.2 Å². The minimum atomic E-state index is -0.666. The van der Waals surface area contributed by atoms with Gasteiger partial charge in [0.1, 0.15) is 0 Å². The number of rotatable bonds is 13. The van der Waals surface area contributed by atoms with Gasteiger partial charge < -0.3 is 5.11 Å². The summed E-state index contributed by atoms with van der Waals surface area (Å²) in [5, 5.41) is 8.48. The Morgan fingerprint density at radius 3 is 1.84 bits per heavy atom. The second-order valence-corrected chi connectivity index (χ2v) is 5.02. The molecule has 0 saturated heterocycles. The van der Waals surface area contributed by atoms with E-state index in [9.17, 15) is 4.79 Å². The van der Waals surface area contributed by atoms with Crippen molar-refractivity contribution in [1.82, 2.24) is 0 Å². The Morgan fingerprint density at radius 2 is 1.32 bits per heavy atom. The Bertz CT molecular complexity index is 215. The van der Waals surface area contributed by atoms with Crippen LogP contribution in [-0.2, 0) is 4.79 Å². The summed E-state index contributed by atoms with van der Waals surface area (Å²) in [6.07, 6.45) is 18.3. The van der Waals surface area contributed by atoms with Gasteiger partial charge in [-0.05, 0) is 32.1 Å². The summed E-state index contributed by atoms with van der Waals surface area (Å²) in [6, 6.07) is 0. The van der Waals surface area contributed by atoms with E-state index in [0.717, 1.165) is 12.8 Å². The molecule has 0 aromatic rings. The van der Waals surface area contributed by atoms with Gasteiger partial charge in [-0.25, -0.2) is 0 Å². The molecule has 0 amide bonds. The summed E-state index contributed by atoms with van der Waals surface area (Å²) in [6.45, 7) is 2.24. The van der Waals surface area contributed by atoms with Crippen LogP contribution in [0.2, 0.25) is 0 Å². The fourth-order valence-corrected chi connectivity index (χ4v) is 1.99. The maximum Gasteiger partial charge on any atom is 0.303 e. The second-order valence-electron chi connectivity index (χ2n) is 5.02. The van der Waals surface area contributed by atoms with Gasteiger partial charge in [0, 0.05) is 46.4 Å². The molecule has 0 aliphatic rings. The molecular weight excluding hydrogens is 381 g/mol. The van der Waals surface area contributed by atoms with E-state index in [2.05, 4.69) is 19.1 Å². The molecule has 0 aliphatic heterocycles. The minimum Gasteiger partial charge on any atom is -0.481 e. The van der Waals surface area contributed by atoms with Gasteiger partial charge in [0.2, 0.25) is 0 Å². The number of hydrogen-bond acceptors (Lipinski definition) is 1. The second kappa shape index (κ2) is 18.5. The standard InChI is InChI=1S/C16H30O2.Gd/c1-2-3-4-5-6-7-8-9-10-11-12-13-14-15-16(17)18;/h7-8H,2-6,9-15H2,1H3,(H,17,18);/b8-7-;. The molecule has 0 heterocycles. The minimum absolute atomic E-state index is 0. The molecule has 2 nitrogen and oxygen atoms in total. The van der Waals surface area contributed by atoms with Crippen LogP contribution in [0.25, 0.3) is 0 Å². The summed E-state index contributed by atoms with van der Waals surface area (Å²) in [5.41, 5.74) is 0. The van der Waals surface area contributed by atoms with Crippen LogP contribution >= 0.6 is 0 Å². The fraction of sp³-hybridized carbons (Fsp3) is 0.812. The first-order valence-corrected chi connectivity index (χ1v) is 7.64. The zero-order valence-electron chi connectivity index (χ0n) is 12.3. The average Bonchev–Trinajstić information content (AvgIpc) is 2.34. The van der Waals surface area contributed by atoms with E-state index < -0.39 is 5.97 Å². The van der Waals surface area contributed by atoms with E-state index in [0.29, 0.717) is 6.42 Å². The van der Waals surface area contributed by atoms with E-state index in [1.165, 1.54) is 57.8 Å². The van der Waals surface area contributed by atoms with Crippen LogP contribution in [0, 0.1) is 39.9 Å². The molecule has 0 bridgehead atoms. The van der Waals surface area contributed by atoms with Crippen LogP contribution in [0.5, 0.6) is 0 Å². The largest absolute Gasteiger partial charge is 0.481 e. The summed E-state index contributed by atoms with van der Waals surface area (Å²) in [4.78, 5) is 10.3. The van der Waals surface area contributed by atoms with Crippen molar-refractivity contribution in [3.63, 3.8) is 0 Å². The zero-order chi connectivity index (χ0) is 13.5. The molecule has 0 unspecified atom stereocenters. The van der Waals surface area contributed by atoms with Crippen molar-refractivity contribution in [2.45, 2.75) is 84.0 Å². The van der Waals surface area contributed by atoms with Gasteiger partial charge >= 0.3 is 5.97 Å². The molecule has 0 rings (SSSR count). The van der Waals surface area contributed by atoms with E-state index in [4.69, 9.17) is 5.11 Å². The number of allylic oxidation sites excluding steroid dienone is 2. The Kier molecular flexibility index (Phi) is 21.3. The maximum absolute atomic E-state index is 10.3. The van der Waals surface area contributed by atoms with Gasteiger partial charge in [0.15, 0.2) is 0 Å². The number of hydrogen-bond donors (Lipinski definition) is 1. The van der Waals surface area contributed by atoms with Crippen molar-refractivity contribution in [3.8, 4) is 0 Å². The number of unbranched alkanes of at least 4 members (excludes halogenated alkanes) is 9. The monoisotopic (exact) mass is 412 g/mol. The van der Waals surface area contributed by atoms with E-state index >= 15 is 0 Å². The predicted octanol–water partition coefficient (Wildman–Crippen LogP) is 5.33. The van der Waals surface area contributed by atoms with Gasteiger partial charge in [-0.15, -0.1) is 0 Å². The van der Waals surface area contributed by atoms with Crippen molar-refractivity contribution < 1.29 is 49.8 Å². The first kappa shape index (κ1) is 21.8. The summed E-state index contributed by atoms with van der Waals surface area (Å²) in [7, 11) is 0. The molecule has 114 valence electrons. The fourth-order valence-electron chi connectivity index (χ4n) is 1.99. The Balaban J connectivity index is 0. The van der Waals surface area contributed by atoms with Gasteiger partial charge in [-0.3, -0.25) is 4.79 Å². The molecule has 0 aliphatic carbocycles. The van der Waals surface area contributed by atoms with Gasteiger partial charge in [-0.2, -0.15) is 0 Å². The summed E-state index contributed by atoms with van der Waals surface area (Å²) < 4.78 is 0. The van der Waals surface area contributed by atoms with Crippen molar-refractivity contribution in [1.29, 1.82) is 0 Å². The third kappa shape index (κ3) is 21.0. The van der Waals surface area contributed by atoms with E-state index in [-0.39, 0.29) is 39.9 Å². The van der Waals surface area contributed by atoms with Crippen LogP contribution in [0.3, 0.4) is 0 Å². The Labute approximate surface area is 151 Å². The van der Waals surface area contributed by atoms with Crippen molar-refractivity contribution in [2.24, 2.45) is 0 Å². The topological polar surface area (TPSA) is 37.3 Å². The summed E-state index contributed by atoms with van der Waals surface area (Å²) in [5.74, 6) is -0.666. The van der Waals surface area contributed by atoms with Crippen LogP contribution in [0.1, 0.15) is 84.0 Å². The third-order valence-electron chi connectivity index (χ3n) is 3.15. The van der Waals surface area contributed by atoms with Crippen molar-refractivity contribution >= 4 is 5.97 Å². The van der Waals surface area contributed by atoms with Crippen molar-refractivity contribution in [2.75, 3.05) is 0 Å². The molecule has 0 aromatic carbocycles. The molecular formula is C16H30GdO2. The molecule has 3 heteroatoms. The first-order valence-electron chi connectivity index (χ1n) is 7.64. The smallest absolute Gasteiger partial charge is 0.303 e. The van der Waals surface area contributed by atoms with E-state index in [1.807, 2.05) is 0 Å². The van der Waals surface area contributed by atoms with Gasteiger partial charge in [0.05, 0.1) is 0 Å². The molecule has 1 N–H and O–H groups in total. The number of carboxylic acids is 1. The number of carbonyl (C=O) groups is 1. The molecule has 19 heavy (non-hydrogen) atoms. The molecule has 0 radical (unpaired) electrons. The van der Waals surface area contributed by atoms with Crippen molar-refractivity contribution in [3.05, 3.63) is 12.2 Å². The molecule has 0 saturated carbocycles. The third-order valence-corrected chi connectivity index (χ3v) is 3.15. The Hall–Kier alpha value is 0.535. The average molecular weight is 412 g/mol. The van der Waals surface area contributed by atoms with Crippen LogP contribution in [-0.4, -0.2) is 11.1 Å². The molecule has 0 aromatic heterocycles. The molecule has 0 fully saturated rings. The Morgan fingerprint density at radius 1 is 0.842 bits per heavy atom. The number of aliphatic carboxylic acids is 1. The number of carboxylic acid groups (broad SMARTS) is 1. The molecule has 0 atom stereocenters. The predicted molar refractivity (Wildman–Crippen MR) is 77.9 cm³/mol. The quantitative estimate of drug-likeness (QED) is 0.329. The summed E-state index contributed by atoms with van der Waals surface area (Å²) >= 11 is 0. The first-order chi connectivity index (χ1) is 8.77. The SMILES string of the molecule is CCCCCC/C=C\CCCCCCCC(=O)O.[Gd]. The zero-order valence-corrected chi connectivity index (χ0v) is 14.6. The van der Waals surface area contributed by atoms with Crippen LogP contribution < -0.4 is 0 Å². The maximum atomic E-state index is 10.3. The van der Waals surface area contributed by atoms with Gasteiger partial charge in [-0.1, -0.05) is 57.6 Å².